The van der Waals surface area contributed by atoms with Gasteiger partial charge in [0.15, 0.2) is 0 Å². The Balaban J connectivity index is 2.79. The highest BCUT2D eigenvalue weighted by Gasteiger charge is 2.04. The molecule has 0 aromatic carbocycles. The fourth-order valence-corrected chi connectivity index (χ4v) is 1.74. The van der Waals surface area contributed by atoms with Crippen molar-refractivity contribution >= 4 is 38.4 Å². The predicted molar refractivity (Wildman–Crippen MR) is 53.4 cm³/mol. The molecule has 0 atom stereocenters. The first-order valence-corrected chi connectivity index (χ1v) is 4.39. The molecule has 2 rings (SSSR count). The Morgan fingerprint density at radius 2 is 2.58 bits per heavy atom. The number of pyridine rings is 1. The van der Waals surface area contributed by atoms with Crippen LogP contribution < -0.4 is 0 Å². The van der Waals surface area contributed by atoms with E-state index in [9.17, 15) is 0 Å². The van der Waals surface area contributed by atoms with Gasteiger partial charge in [0.2, 0.25) is 0 Å². The van der Waals surface area contributed by atoms with Gasteiger partial charge < -0.3 is 4.57 Å². The molecule has 2 aromatic heterocycles. The highest BCUT2D eigenvalue weighted by Crippen LogP contribution is 2.26. The van der Waals surface area contributed by atoms with Gasteiger partial charge in [-0.3, -0.25) is 0 Å². The maximum Gasteiger partial charge on any atom is 0.129 e. The van der Waals surface area contributed by atoms with Gasteiger partial charge >= 0.3 is 0 Å². The molecule has 2 heterocycles. The molecule has 0 aliphatic carbocycles. The largest absolute Gasteiger partial charge is 0.348 e. The average Bonchev–Trinajstić information content (AvgIpc) is 2.43. The van der Waals surface area contributed by atoms with Crippen molar-refractivity contribution in [1.29, 1.82) is 0 Å². The minimum atomic E-state index is -2.21. The molecular weight excluding hydrogens is 239 g/mol. The fraction of sp³-hybridized carbons (Fsp3) is 0.125. The molecule has 0 fully saturated rings. The average molecular weight is 249 g/mol. The maximum atomic E-state index is 7.34. The second kappa shape index (κ2) is 2.75. The molecule has 0 bridgehead atoms. The number of fused-ring (bicyclic) bond motifs is 1. The van der Waals surface area contributed by atoms with Crippen molar-refractivity contribution in [3.8, 4) is 0 Å². The van der Waals surface area contributed by atoms with Gasteiger partial charge in [0.1, 0.15) is 5.15 Å². The molecule has 0 saturated carbocycles. The van der Waals surface area contributed by atoms with Crippen molar-refractivity contribution in [2.75, 3.05) is 0 Å². The van der Waals surface area contributed by atoms with Crippen LogP contribution in [0.4, 0.5) is 0 Å². The molecule has 62 valence electrons. The maximum absolute atomic E-state index is 7.34. The van der Waals surface area contributed by atoms with E-state index in [1.807, 2.05) is 0 Å². The van der Waals surface area contributed by atoms with E-state index in [0.717, 1.165) is 5.39 Å². The minimum Gasteiger partial charge on any atom is -0.348 e. The first-order chi connectivity index (χ1) is 6.89. The summed E-state index contributed by atoms with van der Waals surface area (Å²) < 4.78 is 23.9. The summed E-state index contributed by atoms with van der Waals surface area (Å²) in [5.74, 6) is 0. The lowest BCUT2D eigenvalue weighted by atomic mass is 10.3. The topological polar surface area (TPSA) is 17.8 Å². The lowest BCUT2D eigenvalue weighted by molar-refractivity contribution is 0.963. The van der Waals surface area contributed by atoms with Gasteiger partial charge in [-0.05, 0) is 22.0 Å². The van der Waals surface area contributed by atoms with E-state index in [1.54, 1.807) is 6.07 Å². The number of aromatic nitrogens is 2. The third kappa shape index (κ3) is 1.13. The zero-order valence-electron chi connectivity index (χ0n) is 8.88. The van der Waals surface area contributed by atoms with Gasteiger partial charge in [0.05, 0.1) is 11.7 Å². The predicted octanol–water partition coefficient (Wildman–Crippen LogP) is 2.99. The van der Waals surface area contributed by atoms with E-state index >= 15 is 0 Å². The second-order valence-corrected chi connectivity index (χ2v) is 3.61. The zero-order valence-corrected chi connectivity index (χ0v) is 8.22. The van der Waals surface area contributed by atoms with E-state index in [1.165, 1.54) is 17.0 Å². The summed E-state index contributed by atoms with van der Waals surface area (Å²) in [7, 11) is 0. The molecule has 0 aliphatic rings. The molecule has 0 saturated heterocycles. The van der Waals surface area contributed by atoms with Crippen molar-refractivity contribution in [2.45, 2.75) is 0 Å². The lowest BCUT2D eigenvalue weighted by Gasteiger charge is -1.94. The normalized spacial score (nSPS) is 15.7. The number of hydrogen-bond donors (Lipinski definition) is 0. The molecular formula is C8H6BrClN2. The molecule has 4 heteroatoms. The van der Waals surface area contributed by atoms with Gasteiger partial charge in [-0.25, -0.2) is 4.98 Å². The number of aryl methyl sites for hydroxylation is 1. The van der Waals surface area contributed by atoms with E-state index < -0.39 is 6.98 Å². The highest BCUT2D eigenvalue weighted by molar-refractivity contribution is 9.10. The van der Waals surface area contributed by atoms with E-state index in [-0.39, 0.29) is 0 Å². The smallest absolute Gasteiger partial charge is 0.129 e. The van der Waals surface area contributed by atoms with E-state index in [0.29, 0.717) is 15.1 Å². The molecule has 0 amide bonds. The van der Waals surface area contributed by atoms with Gasteiger partial charge in [-0.15, -0.1) is 0 Å². The summed E-state index contributed by atoms with van der Waals surface area (Å²) in [5, 5.41) is 1.08. The van der Waals surface area contributed by atoms with Crippen molar-refractivity contribution in [2.24, 2.45) is 6.98 Å². The Bertz CT molecular complexity index is 520. The van der Waals surface area contributed by atoms with E-state index in [2.05, 4.69) is 20.9 Å². The van der Waals surface area contributed by atoms with Crippen molar-refractivity contribution < 1.29 is 4.11 Å². The molecule has 2 nitrogen and oxygen atoms in total. The van der Waals surface area contributed by atoms with Crippen LogP contribution in [0.3, 0.4) is 0 Å². The monoisotopic (exact) mass is 247 g/mol. The van der Waals surface area contributed by atoms with Gasteiger partial charge in [0.25, 0.3) is 0 Å². The van der Waals surface area contributed by atoms with Gasteiger partial charge in [-0.2, -0.15) is 0 Å². The SMILES string of the molecule is [2H]C([2H])([2H])n1cc(Br)c2cc(Cl)ncc21. The number of nitrogens with zero attached hydrogens (tertiary/aromatic N) is 2. The van der Waals surface area contributed by atoms with Crippen LogP contribution in [0.1, 0.15) is 4.11 Å². The molecule has 0 N–H and O–H groups in total. The Labute approximate surface area is 87.5 Å². The Hall–Kier alpha value is -0.540. The number of halogens is 2. The number of rotatable bonds is 0. The minimum absolute atomic E-state index is 0.339. The van der Waals surface area contributed by atoms with Crippen LogP contribution >= 0.6 is 27.5 Å². The summed E-state index contributed by atoms with van der Waals surface area (Å²) in [6.45, 7) is -2.21. The first kappa shape index (κ1) is 5.25. The van der Waals surface area contributed by atoms with Crippen molar-refractivity contribution in [1.82, 2.24) is 9.55 Å². The first-order valence-electron chi connectivity index (χ1n) is 4.72. The van der Waals surface area contributed by atoms with E-state index in [4.69, 9.17) is 15.7 Å². The fourth-order valence-electron chi connectivity index (χ4n) is 1.06. The molecule has 0 spiro atoms. The molecule has 0 unspecified atom stereocenters. The standard InChI is InChI=1S/C8H6BrClN2/c1-12-4-6(9)5-2-8(10)11-3-7(5)12/h2-4H,1H3/i1D3. The van der Waals surface area contributed by atoms with Crippen LogP contribution in [0.25, 0.3) is 10.9 Å². The lowest BCUT2D eigenvalue weighted by Crippen LogP contribution is -1.84. The summed E-state index contributed by atoms with van der Waals surface area (Å²) in [4.78, 5) is 3.87. The van der Waals surface area contributed by atoms with Gasteiger partial charge in [0, 0.05) is 27.1 Å². The quantitative estimate of drug-likeness (QED) is 0.656. The van der Waals surface area contributed by atoms with Crippen molar-refractivity contribution in [3.63, 3.8) is 0 Å². The summed E-state index contributed by atoms with van der Waals surface area (Å²) in [6, 6.07) is 1.63. The summed E-state index contributed by atoms with van der Waals surface area (Å²) >= 11 is 9.02. The molecule has 12 heavy (non-hydrogen) atoms. The third-order valence-electron chi connectivity index (χ3n) is 1.61. The van der Waals surface area contributed by atoms with Gasteiger partial charge in [-0.1, -0.05) is 11.6 Å². The van der Waals surface area contributed by atoms with Crippen LogP contribution in [0.15, 0.2) is 22.9 Å². The third-order valence-corrected chi connectivity index (χ3v) is 2.45. The molecule has 0 radical (unpaired) electrons. The van der Waals surface area contributed by atoms with Crippen LogP contribution in [0.5, 0.6) is 0 Å². The Kier molecular flexibility index (Phi) is 1.20. The van der Waals surface area contributed by atoms with Crippen molar-refractivity contribution in [3.05, 3.63) is 28.1 Å². The summed E-state index contributed by atoms with van der Waals surface area (Å²) in [5.41, 5.74) is 0.534. The Morgan fingerprint density at radius 1 is 1.75 bits per heavy atom. The van der Waals surface area contributed by atoms with Crippen LogP contribution in [-0.2, 0) is 6.98 Å². The number of hydrogen-bond acceptors (Lipinski definition) is 1. The molecule has 2 aromatic rings. The highest BCUT2D eigenvalue weighted by atomic mass is 79.9. The Morgan fingerprint density at radius 3 is 3.33 bits per heavy atom. The molecule has 0 aliphatic heterocycles. The summed E-state index contributed by atoms with van der Waals surface area (Å²) in [6.07, 6.45) is 2.96. The van der Waals surface area contributed by atoms with Crippen LogP contribution in [-0.4, -0.2) is 9.55 Å². The van der Waals surface area contributed by atoms with Crippen LogP contribution in [0, 0.1) is 0 Å². The second-order valence-electron chi connectivity index (χ2n) is 2.37. The zero-order chi connectivity index (χ0) is 11.2. The van der Waals surface area contributed by atoms with Crippen LogP contribution in [0.2, 0.25) is 5.15 Å².